The number of carbonyl (C=O) groups excluding carboxylic acids is 1. The lowest BCUT2D eigenvalue weighted by Crippen LogP contribution is -2.36. The molecule has 1 aromatic heterocycles. The highest BCUT2D eigenvalue weighted by molar-refractivity contribution is 7.08. The Morgan fingerprint density at radius 1 is 1.39 bits per heavy atom. The van der Waals surface area contributed by atoms with Crippen LogP contribution in [-0.4, -0.2) is 37.7 Å². The van der Waals surface area contributed by atoms with Crippen LogP contribution in [0.15, 0.2) is 0 Å². The molecule has 0 aliphatic heterocycles. The van der Waals surface area contributed by atoms with Crippen molar-refractivity contribution in [3.05, 3.63) is 5.56 Å². The Hall–Kier alpha value is -1.34. The van der Waals surface area contributed by atoms with Crippen LogP contribution in [0.4, 0.5) is 0 Å². The number of esters is 1. The lowest BCUT2D eigenvalue weighted by molar-refractivity contribution is -0.143. The zero-order valence-corrected chi connectivity index (χ0v) is 11.8. The van der Waals surface area contributed by atoms with Gasteiger partial charge in [-0.25, -0.2) is 0 Å². The first-order valence-electron chi connectivity index (χ1n) is 5.55. The van der Waals surface area contributed by atoms with E-state index in [1.54, 1.807) is 14.2 Å². The number of rotatable bonds is 7. The molecule has 1 unspecified atom stereocenters. The van der Waals surface area contributed by atoms with Crippen molar-refractivity contribution in [3.63, 3.8) is 0 Å². The van der Waals surface area contributed by atoms with Gasteiger partial charge in [-0.05, 0) is 6.42 Å². The minimum absolute atomic E-state index is 0.279. The van der Waals surface area contributed by atoms with Gasteiger partial charge in [0.1, 0.15) is 6.04 Å². The molecule has 0 fully saturated rings. The standard InChI is InChI=1S/C11H18N2O4S/c1-5-8(10(14)16-3)12-6-7-9(15-2)13-18-11(7)17-4/h8,12H,5-6H2,1-4H3. The first-order chi connectivity index (χ1) is 8.67. The molecule has 1 heterocycles. The molecule has 1 aromatic rings. The van der Waals surface area contributed by atoms with Crippen molar-refractivity contribution in [1.82, 2.24) is 9.69 Å². The molecule has 1 rings (SSSR count). The summed E-state index contributed by atoms with van der Waals surface area (Å²) in [5.74, 6) is 0.239. The van der Waals surface area contributed by atoms with Gasteiger partial charge in [0, 0.05) is 18.1 Å². The van der Waals surface area contributed by atoms with E-state index < -0.39 is 0 Å². The molecule has 1 N–H and O–H groups in total. The van der Waals surface area contributed by atoms with Crippen molar-refractivity contribution >= 4 is 17.5 Å². The van der Waals surface area contributed by atoms with Crippen LogP contribution in [0.1, 0.15) is 18.9 Å². The predicted molar refractivity (Wildman–Crippen MR) is 68.2 cm³/mol. The molecule has 0 spiro atoms. The zero-order chi connectivity index (χ0) is 13.5. The zero-order valence-electron chi connectivity index (χ0n) is 11.0. The van der Waals surface area contributed by atoms with Gasteiger partial charge in [-0.1, -0.05) is 6.92 Å². The van der Waals surface area contributed by atoms with E-state index in [1.807, 2.05) is 6.92 Å². The molecule has 0 aliphatic carbocycles. The third-order valence-corrected chi connectivity index (χ3v) is 3.35. The van der Waals surface area contributed by atoms with Crippen molar-refractivity contribution < 1.29 is 19.0 Å². The Morgan fingerprint density at radius 3 is 2.61 bits per heavy atom. The second-order valence-electron chi connectivity index (χ2n) is 3.53. The summed E-state index contributed by atoms with van der Waals surface area (Å²) in [6.45, 7) is 2.35. The van der Waals surface area contributed by atoms with Gasteiger partial charge in [0.05, 0.1) is 26.9 Å². The van der Waals surface area contributed by atoms with Crippen molar-refractivity contribution in [2.75, 3.05) is 21.3 Å². The second kappa shape index (κ2) is 7.17. The van der Waals surface area contributed by atoms with Crippen LogP contribution in [0.25, 0.3) is 0 Å². The fourth-order valence-electron chi connectivity index (χ4n) is 1.51. The summed E-state index contributed by atoms with van der Waals surface area (Å²) in [6.07, 6.45) is 0.648. The average molecular weight is 274 g/mol. The van der Waals surface area contributed by atoms with Crippen LogP contribution in [0.5, 0.6) is 10.9 Å². The van der Waals surface area contributed by atoms with E-state index in [0.29, 0.717) is 23.9 Å². The average Bonchev–Trinajstić information content (AvgIpc) is 2.81. The fraction of sp³-hybridized carbons (Fsp3) is 0.636. The van der Waals surface area contributed by atoms with Gasteiger partial charge in [0.25, 0.3) is 0 Å². The number of ether oxygens (including phenoxy) is 3. The normalized spacial score (nSPS) is 12.0. The van der Waals surface area contributed by atoms with E-state index in [1.165, 1.54) is 18.6 Å². The van der Waals surface area contributed by atoms with Crippen molar-refractivity contribution in [2.24, 2.45) is 0 Å². The van der Waals surface area contributed by atoms with Crippen molar-refractivity contribution in [2.45, 2.75) is 25.9 Å². The topological polar surface area (TPSA) is 69.7 Å². The fourth-order valence-corrected chi connectivity index (χ4v) is 2.21. The van der Waals surface area contributed by atoms with Gasteiger partial charge in [-0.15, -0.1) is 0 Å². The van der Waals surface area contributed by atoms with Gasteiger partial charge in [0.2, 0.25) is 10.9 Å². The molecule has 6 nitrogen and oxygen atoms in total. The van der Waals surface area contributed by atoms with Crippen LogP contribution in [0.3, 0.4) is 0 Å². The summed E-state index contributed by atoms with van der Waals surface area (Å²) in [5, 5.41) is 3.78. The van der Waals surface area contributed by atoms with E-state index in [9.17, 15) is 4.79 Å². The number of nitrogens with one attached hydrogen (secondary N) is 1. The Morgan fingerprint density at radius 2 is 2.11 bits per heavy atom. The van der Waals surface area contributed by atoms with Crippen LogP contribution in [0.2, 0.25) is 0 Å². The van der Waals surface area contributed by atoms with Crippen LogP contribution < -0.4 is 14.8 Å². The summed E-state index contributed by atoms with van der Waals surface area (Å²) in [7, 11) is 4.50. The Bertz CT molecular complexity index is 373. The molecule has 0 radical (unpaired) electrons. The maximum absolute atomic E-state index is 11.5. The molecular formula is C11H18N2O4S. The molecule has 18 heavy (non-hydrogen) atoms. The quantitative estimate of drug-likeness (QED) is 0.753. The van der Waals surface area contributed by atoms with Crippen LogP contribution in [0, 0.1) is 0 Å². The van der Waals surface area contributed by atoms with Gasteiger partial charge < -0.3 is 14.2 Å². The third-order valence-electron chi connectivity index (χ3n) is 2.51. The highest BCUT2D eigenvalue weighted by Gasteiger charge is 2.20. The molecule has 0 amide bonds. The molecule has 0 saturated heterocycles. The van der Waals surface area contributed by atoms with E-state index in [2.05, 4.69) is 9.69 Å². The summed E-state index contributed by atoms with van der Waals surface area (Å²) < 4.78 is 19.2. The highest BCUT2D eigenvalue weighted by Crippen LogP contribution is 2.32. The van der Waals surface area contributed by atoms with Gasteiger partial charge in [0.15, 0.2) is 0 Å². The highest BCUT2D eigenvalue weighted by atomic mass is 32.1. The van der Waals surface area contributed by atoms with Gasteiger partial charge in [-0.3, -0.25) is 10.1 Å². The number of methoxy groups -OCH3 is 3. The molecular weight excluding hydrogens is 256 g/mol. The number of nitrogens with zero attached hydrogens (tertiary/aromatic N) is 1. The molecule has 7 heteroatoms. The van der Waals surface area contributed by atoms with Gasteiger partial charge >= 0.3 is 5.97 Å². The first kappa shape index (κ1) is 14.7. The number of aromatic nitrogens is 1. The Labute approximate surface area is 110 Å². The first-order valence-corrected chi connectivity index (χ1v) is 6.32. The third kappa shape index (κ3) is 3.33. The largest absolute Gasteiger partial charge is 0.486 e. The summed E-state index contributed by atoms with van der Waals surface area (Å²) >= 11 is 1.22. The molecule has 0 aliphatic rings. The second-order valence-corrected chi connectivity index (χ2v) is 4.26. The lowest BCUT2D eigenvalue weighted by Gasteiger charge is -2.14. The summed E-state index contributed by atoms with van der Waals surface area (Å²) in [4.78, 5) is 11.5. The van der Waals surface area contributed by atoms with Gasteiger partial charge in [-0.2, -0.15) is 4.37 Å². The minimum Gasteiger partial charge on any atom is -0.486 e. The maximum Gasteiger partial charge on any atom is 0.322 e. The molecule has 0 saturated carbocycles. The molecule has 102 valence electrons. The van der Waals surface area contributed by atoms with Crippen molar-refractivity contribution in [3.8, 4) is 10.9 Å². The Kier molecular flexibility index (Phi) is 5.87. The van der Waals surface area contributed by atoms with Crippen molar-refractivity contribution in [1.29, 1.82) is 0 Å². The van der Waals surface area contributed by atoms with E-state index >= 15 is 0 Å². The number of hydrogen-bond donors (Lipinski definition) is 1. The van der Waals surface area contributed by atoms with E-state index in [4.69, 9.17) is 14.2 Å². The summed E-state index contributed by atoms with van der Waals surface area (Å²) in [6, 6.07) is -0.343. The van der Waals surface area contributed by atoms with Crippen LogP contribution >= 0.6 is 11.5 Å². The maximum atomic E-state index is 11.5. The smallest absolute Gasteiger partial charge is 0.322 e. The summed E-state index contributed by atoms with van der Waals surface area (Å²) in [5.41, 5.74) is 0.812. The van der Waals surface area contributed by atoms with E-state index in [0.717, 1.165) is 5.56 Å². The molecule has 1 atom stereocenters. The van der Waals surface area contributed by atoms with Crippen LogP contribution in [-0.2, 0) is 16.1 Å². The predicted octanol–water partition coefficient (Wildman–Crippen LogP) is 1.20. The minimum atomic E-state index is -0.343. The number of carbonyl (C=O) groups is 1. The molecule has 0 bridgehead atoms. The monoisotopic (exact) mass is 274 g/mol. The SMILES string of the molecule is CCC(NCc1c(OC)nsc1OC)C(=O)OC. The lowest BCUT2D eigenvalue weighted by atomic mass is 10.2. The van der Waals surface area contributed by atoms with E-state index in [-0.39, 0.29) is 12.0 Å². The molecule has 0 aromatic carbocycles. The Balaban J connectivity index is 2.72. The number of hydrogen-bond acceptors (Lipinski definition) is 7.